The summed E-state index contributed by atoms with van der Waals surface area (Å²) in [7, 11) is 0. The van der Waals surface area contributed by atoms with Gasteiger partial charge in [-0.1, -0.05) is 6.92 Å². The minimum Gasteiger partial charge on any atom is -0.494 e. The van der Waals surface area contributed by atoms with Crippen molar-refractivity contribution < 1.29 is 14.3 Å². The highest BCUT2D eigenvalue weighted by atomic mass is 16.5. The quantitative estimate of drug-likeness (QED) is 0.532. The van der Waals surface area contributed by atoms with Gasteiger partial charge in [-0.15, -0.1) is 0 Å². The molecule has 0 atom stereocenters. The molecule has 3 aromatic rings. The van der Waals surface area contributed by atoms with Crippen LogP contribution in [0, 0.1) is 0 Å². The number of imidazole rings is 1. The molecule has 2 aromatic carbocycles. The second-order valence-electron chi connectivity index (χ2n) is 6.18. The van der Waals surface area contributed by atoms with Crippen molar-refractivity contribution >= 4 is 28.4 Å². The molecule has 1 aromatic heterocycles. The molecule has 0 aliphatic carbocycles. The number of nitrogens with one attached hydrogen (secondary N) is 3. The van der Waals surface area contributed by atoms with Gasteiger partial charge in [0.1, 0.15) is 5.75 Å². The topological polar surface area (TPSA) is 104 Å². The van der Waals surface area contributed by atoms with Gasteiger partial charge in [-0.2, -0.15) is 0 Å². The number of ketones is 1. The third kappa shape index (κ3) is 4.84. The molecule has 7 nitrogen and oxygen atoms in total. The fourth-order valence-electron chi connectivity index (χ4n) is 2.66. The molecule has 1 heterocycles. The molecule has 0 fully saturated rings. The molecule has 3 rings (SSSR count). The van der Waals surface area contributed by atoms with Crippen LogP contribution >= 0.6 is 0 Å². The monoisotopic (exact) mass is 367 g/mol. The number of aromatic amines is 2. The summed E-state index contributed by atoms with van der Waals surface area (Å²) in [5.41, 5.74) is 2.09. The van der Waals surface area contributed by atoms with Crippen LogP contribution in [0.1, 0.15) is 36.5 Å². The van der Waals surface area contributed by atoms with Crippen molar-refractivity contribution in [3.8, 4) is 5.75 Å². The molecular weight excluding hydrogens is 346 g/mol. The van der Waals surface area contributed by atoms with Crippen LogP contribution in [0.15, 0.2) is 47.3 Å². The number of rotatable bonds is 8. The minimum atomic E-state index is -0.301. The van der Waals surface area contributed by atoms with E-state index in [0.29, 0.717) is 28.9 Å². The van der Waals surface area contributed by atoms with Gasteiger partial charge in [-0.25, -0.2) is 4.79 Å². The number of ether oxygens (including phenoxy) is 1. The van der Waals surface area contributed by atoms with Gasteiger partial charge >= 0.3 is 5.69 Å². The molecule has 0 saturated carbocycles. The zero-order valence-corrected chi connectivity index (χ0v) is 15.0. The van der Waals surface area contributed by atoms with E-state index in [1.165, 1.54) is 0 Å². The van der Waals surface area contributed by atoms with Crippen LogP contribution < -0.4 is 15.7 Å². The Hall–Kier alpha value is -3.35. The highest BCUT2D eigenvalue weighted by Crippen LogP contribution is 2.16. The molecule has 0 spiro atoms. The van der Waals surface area contributed by atoms with Gasteiger partial charge in [0.25, 0.3) is 0 Å². The second kappa shape index (κ2) is 8.35. The minimum absolute atomic E-state index is 0.0780. The number of fused-ring (bicyclic) bond motifs is 1. The van der Waals surface area contributed by atoms with Crippen molar-refractivity contribution in [1.82, 2.24) is 9.97 Å². The Kier molecular flexibility index (Phi) is 5.71. The van der Waals surface area contributed by atoms with Crippen molar-refractivity contribution in [2.24, 2.45) is 0 Å². The van der Waals surface area contributed by atoms with Crippen LogP contribution in [0.5, 0.6) is 5.75 Å². The number of benzene rings is 2. The van der Waals surface area contributed by atoms with Crippen molar-refractivity contribution in [3.63, 3.8) is 0 Å². The number of hydrogen-bond donors (Lipinski definition) is 3. The SMILES string of the molecule is CCCOc1ccc(C(=O)CCC(=O)Nc2ccc3[nH]c(=O)[nH]c3c2)cc1. The van der Waals surface area contributed by atoms with E-state index in [9.17, 15) is 14.4 Å². The van der Waals surface area contributed by atoms with E-state index in [1.54, 1.807) is 42.5 Å². The number of carbonyl (C=O) groups excluding carboxylic acids is 2. The van der Waals surface area contributed by atoms with Crippen molar-refractivity contribution in [2.45, 2.75) is 26.2 Å². The molecule has 1 amide bonds. The standard InChI is InChI=1S/C20H21N3O4/c1-2-11-27-15-6-3-13(4-7-15)18(24)9-10-19(25)21-14-5-8-16-17(12-14)23-20(26)22-16/h3-8,12H,2,9-11H2,1H3,(H,21,25)(H2,22,23,26). The van der Waals surface area contributed by atoms with Crippen LogP contribution in [0.3, 0.4) is 0 Å². The number of carbonyl (C=O) groups is 2. The van der Waals surface area contributed by atoms with Gasteiger partial charge < -0.3 is 20.0 Å². The summed E-state index contributed by atoms with van der Waals surface area (Å²) in [5, 5.41) is 2.74. The number of H-pyrrole nitrogens is 2. The predicted octanol–water partition coefficient (Wildman–Crippen LogP) is 3.25. The Morgan fingerprint density at radius 3 is 2.48 bits per heavy atom. The summed E-state index contributed by atoms with van der Waals surface area (Å²) in [6, 6.07) is 12.0. The maximum atomic E-state index is 12.2. The third-order valence-corrected chi connectivity index (χ3v) is 4.03. The average Bonchev–Trinajstić information content (AvgIpc) is 3.04. The smallest absolute Gasteiger partial charge is 0.323 e. The number of hydrogen-bond acceptors (Lipinski definition) is 4. The Labute approximate surface area is 155 Å². The lowest BCUT2D eigenvalue weighted by molar-refractivity contribution is -0.116. The first-order valence-electron chi connectivity index (χ1n) is 8.83. The molecule has 0 unspecified atom stereocenters. The number of anilines is 1. The Bertz CT molecular complexity index is 1000. The Morgan fingerprint density at radius 1 is 1.00 bits per heavy atom. The highest BCUT2D eigenvalue weighted by Gasteiger charge is 2.10. The summed E-state index contributed by atoms with van der Waals surface area (Å²) in [4.78, 5) is 40.9. The molecule has 0 bridgehead atoms. The van der Waals surface area contributed by atoms with Gasteiger partial charge in [0.15, 0.2) is 5.78 Å². The van der Waals surface area contributed by atoms with E-state index in [4.69, 9.17) is 4.74 Å². The third-order valence-electron chi connectivity index (χ3n) is 4.03. The molecule has 0 radical (unpaired) electrons. The highest BCUT2D eigenvalue weighted by molar-refractivity contribution is 6.00. The number of amides is 1. The summed E-state index contributed by atoms with van der Waals surface area (Å²) >= 11 is 0. The lowest BCUT2D eigenvalue weighted by atomic mass is 10.1. The fraction of sp³-hybridized carbons (Fsp3) is 0.250. The van der Waals surface area contributed by atoms with E-state index < -0.39 is 0 Å². The first-order chi connectivity index (χ1) is 13.0. The molecule has 140 valence electrons. The number of Topliss-reactive ketones (excluding diaryl/α,β-unsaturated/α-hetero) is 1. The fourth-order valence-corrected chi connectivity index (χ4v) is 2.66. The van der Waals surface area contributed by atoms with E-state index in [1.807, 2.05) is 6.92 Å². The molecule has 27 heavy (non-hydrogen) atoms. The normalized spacial score (nSPS) is 10.7. The lowest BCUT2D eigenvalue weighted by Gasteiger charge is -2.07. The summed E-state index contributed by atoms with van der Waals surface area (Å²) in [6.45, 7) is 2.66. The summed E-state index contributed by atoms with van der Waals surface area (Å²) in [6.07, 6.45) is 1.11. The van der Waals surface area contributed by atoms with Crippen molar-refractivity contribution in [3.05, 3.63) is 58.5 Å². The van der Waals surface area contributed by atoms with Gasteiger partial charge in [-0.3, -0.25) is 9.59 Å². The zero-order valence-electron chi connectivity index (χ0n) is 15.0. The van der Waals surface area contributed by atoms with E-state index >= 15 is 0 Å². The molecule has 0 saturated heterocycles. The van der Waals surface area contributed by atoms with Gasteiger partial charge in [-0.05, 0) is 48.9 Å². The van der Waals surface area contributed by atoms with Crippen LogP contribution in [-0.4, -0.2) is 28.3 Å². The lowest BCUT2D eigenvalue weighted by Crippen LogP contribution is -2.13. The maximum Gasteiger partial charge on any atom is 0.323 e. The van der Waals surface area contributed by atoms with Crippen molar-refractivity contribution in [2.75, 3.05) is 11.9 Å². The first-order valence-corrected chi connectivity index (χ1v) is 8.83. The molecule has 7 heteroatoms. The van der Waals surface area contributed by atoms with Gasteiger partial charge in [0, 0.05) is 24.1 Å². The predicted molar refractivity (Wildman–Crippen MR) is 103 cm³/mol. The Balaban J connectivity index is 1.53. The van der Waals surface area contributed by atoms with Gasteiger partial charge in [0.05, 0.1) is 17.6 Å². The van der Waals surface area contributed by atoms with Crippen LogP contribution in [0.2, 0.25) is 0 Å². The maximum absolute atomic E-state index is 12.2. The molecule has 0 aliphatic rings. The summed E-state index contributed by atoms with van der Waals surface area (Å²) < 4.78 is 5.49. The molecular formula is C20H21N3O4. The van der Waals surface area contributed by atoms with E-state index in [0.717, 1.165) is 12.2 Å². The molecule has 3 N–H and O–H groups in total. The number of aromatic nitrogens is 2. The molecule has 0 aliphatic heterocycles. The Morgan fingerprint density at radius 2 is 1.74 bits per heavy atom. The first kappa shape index (κ1) is 18.4. The van der Waals surface area contributed by atoms with Crippen LogP contribution in [0.25, 0.3) is 11.0 Å². The van der Waals surface area contributed by atoms with Crippen LogP contribution in [0.4, 0.5) is 5.69 Å². The van der Waals surface area contributed by atoms with E-state index in [-0.39, 0.29) is 30.2 Å². The average molecular weight is 367 g/mol. The van der Waals surface area contributed by atoms with Gasteiger partial charge in [0.2, 0.25) is 5.91 Å². The second-order valence-corrected chi connectivity index (χ2v) is 6.18. The van der Waals surface area contributed by atoms with Crippen molar-refractivity contribution in [1.29, 1.82) is 0 Å². The largest absolute Gasteiger partial charge is 0.494 e. The summed E-state index contributed by atoms with van der Waals surface area (Å²) in [5.74, 6) is 0.366. The van der Waals surface area contributed by atoms with Crippen LogP contribution in [-0.2, 0) is 4.79 Å². The zero-order chi connectivity index (χ0) is 19.2. The van der Waals surface area contributed by atoms with E-state index in [2.05, 4.69) is 15.3 Å².